The third-order valence-electron chi connectivity index (χ3n) is 4.21. The molecular weight excluding hydrogens is 274 g/mol. The fourth-order valence-corrected chi connectivity index (χ4v) is 3.01. The Kier molecular flexibility index (Phi) is 8.93. The zero-order valence-electron chi connectivity index (χ0n) is 13.1. The van der Waals surface area contributed by atoms with Gasteiger partial charge in [0.25, 0.3) is 0 Å². The number of nitrogens with one attached hydrogen (secondary N) is 1. The van der Waals surface area contributed by atoms with Gasteiger partial charge in [0.2, 0.25) is 0 Å². The third kappa shape index (κ3) is 7.16. The van der Waals surface area contributed by atoms with E-state index < -0.39 is 16.9 Å². The molecule has 1 fully saturated rings. The molecule has 2 N–H and O–H groups in total. The van der Waals surface area contributed by atoms with E-state index in [0.717, 1.165) is 19.4 Å². The van der Waals surface area contributed by atoms with Gasteiger partial charge in [-0.1, -0.05) is 26.7 Å². The molecule has 0 heterocycles. The van der Waals surface area contributed by atoms with Crippen molar-refractivity contribution in [3.05, 3.63) is 0 Å². The summed E-state index contributed by atoms with van der Waals surface area (Å²) >= 11 is 0. The Labute approximate surface area is 126 Å². The quantitative estimate of drug-likeness (QED) is 0.637. The molecule has 1 rings (SSSR count). The van der Waals surface area contributed by atoms with Crippen LogP contribution in [0.4, 0.5) is 0 Å². The first-order valence-electron chi connectivity index (χ1n) is 7.83. The minimum Gasteiger partial charge on any atom is -0.389 e. The Hall–Kier alpha value is 0.0300. The zero-order chi connectivity index (χ0) is 15.0. The van der Waals surface area contributed by atoms with Crippen molar-refractivity contribution < 1.29 is 14.1 Å². The van der Waals surface area contributed by atoms with Crippen molar-refractivity contribution in [3.8, 4) is 0 Å². The SMILES string of the molecule is CC1CCCCC1OCC(O)CNCCC(C)S(C)=O. The van der Waals surface area contributed by atoms with Gasteiger partial charge in [-0.05, 0) is 31.7 Å². The van der Waals surface area contributed by atoms with E-state index in [1.807, 2.05) is 6.92 Å². The summed E-state index contributed by atoms with van der Waals surface area (Å²) < 4.78 is 17.0. The molecule has 0 aliphatic heterocycles. The van der Waals surface area contributed by atoms with Gasteiger partial charge in [-0.15, -0.1) is 0 Å². The summed E-state index contributed by atoms with van der Waals surface area (Å²) in [6.07, 6.45) is 7.39. The standard InChI is InChI=1S/C15H31NO3S/c1-12-6-4-5-7-15(12)19-11-14(17)10-16-9-8-13(2)20(3)18/h12-17H,4-11H2,1-3H3. The van der Waals surface area contributed by atoms with Crippen molar-refractivity contribution in [1.29, 1.82) is 0 Å². The van der Waals surface area contributed by atoms with Crippen LogP contribution in [0.1, 0.15) is 46.0 Å². The van der Waals surface area contributed by atoms with Crippen LogP contribution in [-0.2, 0) is 15.5 Å². The number of hydrogen-bond acceptors (Lipinski definition) is 4. The minimum atomic E-state index is -0.763. The summed E-state index contributed by atoms with van der Waals surface area (Å²) in [6.45, 7) is 5.97. The molecule has 4 nitrogen and oxygen atoms in total. The summed E-state index contributed by atoms with van der Waals surface area (Å²) in [5, 5.41) is 13.3. The summed E-state index contributed by atoms with van der Waals surface area (Å²) in [4.78, 5) is 0. The van der Waals surface area contributed by atoms with Gasteiger partial charge >= 0.3 is 0 Å². The monoisotopic (exact) mass is 305 g/mol. The maximum Gasteiger partial charge on any atom is 0.0897 e. The lowest BCUT2D eigenvalue weighted by molar-refractivity contribution is -0.0451. The lowest BCUT2D eigenvalue weighted by Gasteiger charge is -2.29. The molecule has 0 amide bonds. The highest BCUT2D eigenvalue weighted by Gasteiger charge is 2.22. The van der Waals surface area contributed by atoms with Gasteiger partial charge in [0.05, 0.1) is 18.8 Å². The van der Waals surface area contributed by atoms with E-state index >= 15 is 0 Å². The molecule has 1 saturated carbocycles. The molecule has 0 aromatic heterocycles. The normalized spacial score (nSPS) is 28.0. The van der Waals surface area contributed by atoms with Crippen LogP contribution in [0.5, 0.6) is 0 Å². The topological polar surface area (TPSA) is 58.6 Å². The highest BCUT2D eigenvalue weighted by atomic mass is 32.2. The Bertz CT molecular complexity index is 288. The van der Waals surface area contributed by atoms with E-state index in [2.05, 4.69) is 12.2 Å². The highest BCUT2D eigenvalue weighted by Crippen LogP contribution is 2.26. The Balaban J connectivity index is 2.05. The molecule has 20 heavy (non-hydrogen) atoms. The average Bonchev–Trinajstić information content (AvgIpc) is 2.42. The van der Waals surface area contributed by atoms with Gasteiger partial charge in [0.1, 0.15) is 0 Å². The van der Waals surface area contributed by atoms with Crippen molar-refractivity contribution >= 4 is 10.8 Å². The van der Waals surface area contributed by atoms with Crippen LogP contribution in [0.15, 0.2) is 0 Å². The minimum absolute atomic E-state index is 0.207. The molecule has 0 aromatic rings. The van der Waals surface area contributed by atoms with Gasteiger partial charge in [0.15, 0.2) is 0 Å². The van der Waals surface area contributed by atoms with Crippen LogP contribution in [0, 0.1) is 5.92 Å². The van der Waals surface area contributed by atoms with E-state index in [1.165, 1.54) is 19.3 Å². The van der Waals surface area contributed by atoms with E-state index in [1.54, 1.807) is 6.26 Å². The van der Waals surface area contributed by atoms with Crippen LogP contribution in [-0.4, -0.2) is 52.7 Å². The number of aliphatic hydroxyl groups is 1. The van der Waals surface area contributed by atoms with E-state index in [9.17, 15) is 9.32 Å². The Morgan fingerprint density at radius 2 is 2.10 bits per heavy atom. The van der Waals surface area contributed by atoms with Crippen LogP contribution in [0.3, 0.4) is 0 Å². The lowest BCUT2D eigenvalue weighted by atomic mass is 9.88. The highest BCUT2D eigenvalue weighted by molar-refractivity contribution is 7.84. The maximum atomic E-state index is 11.2. The predicted octanol–water partition coefficient (Wildman–Crippen LogP) is 1.69. The fourth-order valence-electron chi connectivity index (χ4n) is 2.56. The van der Waals surface area contributed by atoms with Crippen molar-refractivity contribution in [2.24, 2.45) is 5.92 Å². The van der Waals surface area contributed by atoms with Gasteiger partial charge in [-0.3, -0.25) is 4.21 Å². The van der Waals surface area contributed by atoms with Crippen LogP contribution in [0.25, 0.3) is 0 Å². The van der Waals surface area contributed by atoms with Crippen LogP contribution < -0.4 is 5.32 Å². The van der Waals surface area contributed by atoms with Gasteiger partial charge in [-0.2, -0.15) is 0 Å². The zero-order valence-corrected chi connectivity index (χ0v) is 14.0. The van der Waals surface area contributed by atoms with E-state index in [0.29, 0.717) is 25.2 Å². The second-order valence-corrected chi connectivity index (χ2v) is 7.89. The molecule has 5 heteroatoms. The molecule has 0 radical (unpaired) electrons. The molecule has 0 bridgehead atoms. The molecular formula is C15H31NO3S. The van der Waals surface area contributed by atoms with Gasteiger partial charge in [-0.25, -0.2) is 0 Å². The van der Waals surface area contributed by atoms with Crippen molar-refractivity contribution in [2.75, 3.05) is 26.0 Å². The van der Waals surface area contributed by atoms with Crippen LogP contribution >= 0.6 is 0 Å². The molecule has 0 saturated heterocycles. The predicted molar refractivity (Wildman–Crippen MR) is 84.4 cm³/mol. The second-order valence-electron chi connectivity index (χ2n) is 6.09. The summed E-state index contributed by atoms with van der Waals surface area (Å²) in [6, 6.07) is 0. The summed E-state index contributed by atoms with van der Waals surface area (Å²) in [5.41, 5.74) is 0. The average molecular weight is 305 g/mol. The number of aliphatic hydroxyl groups excluding tert-OH is 1. The molecule has 1 aliphatic rings. The molecule has 5 unspecified atom stereocenters. The van der Waals surface area contributed by atoms with E-state index in [4.69, 9.17) is 4.74 Å². The second kappa shape index (κ2) is 9.87. The first-order valence-corrected chi connectivity index (χ1v) is 9.45. The molecule has 0 spiro atoms. The molecule has 1 aliphatic carbocycles. The molecule has 5 atom stereocenters. The van der Waals surface area contributed by atoms with Crippen molar-refractivity contribution in [1.82, 2.24) is 5.32 Å². The largest absolute Gasteiger partial charge is 0.389 e. The Morgan fingerprint density at radius 1 is 1.40 bits per heavy atom. The van der Waals surface area contributed by atoms with Crippen LogP contribution in [0.2, 0.25) is 0 Å². The first kappa shape index (κ1) is 18.1. The fraction of sp³-hybridized carbons (Fsp3) is 1.00. The van der Waals surface area contributed by atoms with Crippen molar-refractivity contribution in [2.45, 2.75) is 63.4 Å². The summed E-state index contributed by atoms with van der Waals surface area (Å²) in [7, 11) is -0.763. The smallest absolute Gasteiger partial charge is 0.0897 e. The van der Waals surface area contributed by atoms with Gasteiger partial charge < -0.3 is 15.2 Å². The maximum absolute atomic E-state index is 11.2. The number of hydrogen-bond donors (Lipinski definition) is 2. The third-order valence-corrected chi connectivity index (χ3v) is 5.58. The van der Waals surface area contributed by atoms with Crippen molar-refractivity contribution in [3.63, 3.8) is 0 Å². The first-order chi connectivity index (χ1) is 9.50. The van der Waals surface area contributed by atoms with E-state index in [-0.39, 0.29) is 5.25 Å². The molecule has 120 valence electrons. The lowest BCUT2D eigenvalue weighted by Crippen LogP contribution is -2.35. The number of rotatable bonds is 9. The molecule has 0 aromatic carbocycles. The Morgan fingerprint density at radius 3 is 2.75 bits per heavy atom. The number of ether oxygens (including phenoxy) is 1. The summed E-state index contributed by atoms with van der Waals surface area (Å²) in [5.74, 6) is 0.615. The van der Waals surface area contributed by atoms with Gasteiger partial charge in [0, 0.05) is 28.9 Å².